The van der Waals surface area contributed by atoms with E-state index in [1.807, 2.05) is 72.3 Å². The Kier molecular flexibility index (Phi) is 5.05. The summed E-state index contributed by atoms with van der Waals surface area (Å²) in [5, 5.41) is 0. The van der Waals surface area contributed by atoms with Crippen LogP contribution in [0.3, 0.4) is 0 Å². The second kappa shape index (κ2) is 7.62. The summed E-state index contributed by atoms with van der Waals surface area (Å²) in [7, 11) is 1.93. The van der Waals surface area contributed by atoms with Gasteiger partial charge in [0.25, 0.3) is 5.91 Å². The first kappa shape index (κ1) is 17.9. The van der Waals surface area contributed by atoms with E-state index in [0.29, 0.717) is 10.4 Å². The number of aryl methyl sites for hydroxylation is 1. The summed E-state index contributed by atoms with van der Waals surface area (Å²) in [5.41, 5.74) is 4.10. The van der Waals surface area contributed by atoms with Crippen LogP contribution < -0.4 is 4.80 Å². The lowest BCUT2D eigenvalue weighted by Gasteiger charge is -2.02. The number of amides is 1. The van der Waals surface area contributed by atoms with Gasteiger partial charge >= 0.3 is 0 Å². The molecule has 1 aromatic heterocycles. The number of thiazole rings is 1. The van der Waals surface area contributed by atoms with Gasteiger partial charge in [-0.25, -0.2) is 0 Å². The zero-order valence-corrected chi connectivity index (χ0v) is 17.1. The number of rotatable bonds is 3. The van der Waals surface area contributed by atoms with Crippen LogP contribution in [0.25, 0.3) is 10.2 Å². The molecule has 0 spiro atoms. The standard InChI is InChI=1S/C22H17BrN2OS/c1-25-19-12-11-18(23)14-20(19)27-22(25)24-21(26)17-9-7-16(8-10-17)13-15-5-3-2-4-6-15/h2-12,14H,13H2,1H3. The highest BCUT2D eigenvalue weighted by molar-refractivity contribution is 9.10. The van der Waals surface area contributed by atoms with Crippen molar-refractivity contribution in [3.63, 3.8) is 0 Å². The molecule has 3 aromatic carbocycles. The Morgan fingerprint density at radius 1 is 1.00 bits per heavy atom. The van der Waals surface area contributed by atoms with Crippen LogP contribution in [0.5, 0.6) is 0 Å². The molecule has 0 bridgehead atoms. The molecule has 0 fully saturated rings. The Balaban J connectivity index is 1.60. The second-order valence-electron chi connectivity index (χ2n) is 6.33. The van der Waals surface area contributed by atoms with Gasteiger partial charge in [0.1, 0.15) is 0 Å². The molecule has 5 heteroatoms. The minimum absolute atomic E-state index is 0.220. The fraction of sp³-hybridized carbons (Fsp3) is 0.0909. The molecular formula is C22H17BrN2OS. The average Bonchev–Trinajstić information content (AvgIpc) is 2.98. The third-order valence-electron chi connectivity index (χ3n) is 4.42. The maximum Gasteiger partial charge on any atom is 0.279 e. The fourth-order valence-corrected chi connectivity index (χ4v) is 4.53. The molecule has 4 rings (SSSR count). The number of carbonyl (C=O) groups is 1. The first-order valence-electron chi connectivity index (χ1n) is 8.57. The van der Waals surface area contributed by atoms with Crippen molar-refractivity contribution in [2.24, 2.45) is 12.0 Å². The monoisotopic (exact) mass is 436 g/mol. The molecule has 134 valence electrons. The third-order valence-corrected chi connectivity index (χ3v) is 6.01. The van der Waals surface area contributed by atoms with Crippen LogP contribution in [0.15, 0.2) is 82.3 Å². The Labute approximate surface area is 169 Å². The number of benzene rings is 3. The first-order valence-corrected chi connectivity index (χ1v) is 10.2. The fourth-order valence-electron chi connectivity index (χ4n) is 2.96. The van der Waals surface area contributed by atoms with Gasteiger partial charge in [-0.1, -0.05) is 69.7 Å². The Morgan fingerprint density at radius 2 is 1.70 bits per heavy atom. The van der Waals surface area contributed by atoms with Gasteiger partial charge in [0.2, 0.25) is 0 Å². The van der Waals surface area contributed by atoms with Crippen LogP contribution in [0.1, 0.15) is 21.5 Å². The molecule has 0 radical (unpaired) electrons. The molecular weight excluding hydrogens is 420 g/mol. The van der Waals surface area contributed by atoms with Crippen molar-refractivity contribution in [2.75, 3.05) is 0 Å². The smallest absolute Gasteiger partial charge is 0.279 e. The number of hydrogen-bond donors (Lipinski definition) is 0. The van der Waals surface area contributed by atoms with Crippen molar-refractivity contribution >= 4 is 43.4 Å². The first-order chi connectivity index (χ1) is 13.1. The van der Waals surface area contributed by atoms with Gasteiger partial charge in [0.05, 0.1) is 10.2 Å². The van der Waals surface area contributed by atoms with Crippen molar-refractivity contribution in [2.45, 2.75) is 6.42 Å². The predicted molar refractivity (Wildman–Crippen MR) is 114 cm³/mol. The van der Waals surface area contributed by atoms with Crippen LogP contribution in [-0.2, 0) is 13.5 Å². The Hall–Kier alpha value is -2.50. The summed E-state index contributed by atoms with van der Waals surface area (Å²) in [6.07, 6.45) is 0.854. The Morgan fingerprint density at radius 3 is 2.44 bits per heavy atom. The van der Waals surface area contributed by atoms with Gasteiger partial charge in [0, 0.05) is 17.1 Å². The SMILES string of the molecule is Cn1c(=NC(=O)c2ccc(Cc3ccccc3)cc2)sc2cc(Br)ccc21. The van der Waals surface area contributed by atoms with Gasteiger partial charge in [0.15, 0.2) is 4.80 Å². The quantitative estimate of drug-likeness (QED) is 0.427. The maximum absolute atomic E-state index is 12.6. The number of carbonyl (C=O) groups excluding carboxylic acids is 1. The third kappa shape index (κ3) is 3.94. The average molecular weight is 437 g/mol. The summed E-state index contributed by atoms with van der Waals surface area (Å²) < 4.78 is 4.06. The van der Waals surface area contributed by atoms with Crippen molar-refractivity contribution < 1.29 is 4.79 Å². The molecule has 1 amide bonds. The second-order valence-corrected chi connectivity index (χ2v) is 8.26. The van der Waals surface area contributed by atoms with E-state index < -0.39 is 0 Å². The van der Waals surface area contributed by atoms with Gasteiger partial charge in [-0.3, -0.25) is 4.79 Å². The van der Waals surface area contributed by atoms with Gasteiger partial charge in [-0.15, -0.1) is 0 Å². The van der Waals surface area contributed by atoms with E-state index >= 15 is 0 Å². The molecule has 0 unspecified atom stereocenters. The van der Waals surface area contributed by atoms with Gasteiger partial charge < -0.3 is 4.57 Å². The highest BCUT2D eigenvalue weighted by Gasteiger charge is 2.08. The van der Waals surface area contributed by atoms with Crippen molar-refractivity contribution in [1.82, 2.24) is 4.57 Å². The molecule has 0 atom stereocenters. The lowest BCUT2D eigenvalue weighted by molar-refractivity contribution is 0.0998. The van der Waals surface area contributed by atoms with E-state index in [9.17, 15) is 4.79 Å². The molecule has 0 aliphatic rings. The number of nitrogens with zero attached hydrogens (tertiary/aromatic N) is 2. The van der Waals surface area contributed by atoms with Crippen molar-refractivity contribution in [1.29, 1.82) is 0 Å². The topological polar surface area (TPSA) is 34.4 Å². The maximum atomic E-state index is 12.6. The van der Waals surface area contributed by atoms with Crippen LogP contribution >= 0.6 is 27.3 Å². The molecule has 0 saturated carbocycles. The molecule has 0 saturated heterocycles. The minimum atomic E-state index is -0.220. The molecule has 1 heterocycles. The van der Waals surface area contributed by atoms with E-state index in [1.54, 1.807) is 0 Å². The van der Waals surface area contributed by atoms with Crippen LogP contribution in [-0.4, -0.2) is 10.5 Å². The zero-order chi connectivity index (χ0) is 18.8. The number of fused-ring (bicyclic) bond motifs is 1. The van der Waals surface area contributed by atoms with Crippen LogP contribution in [0, 0.1) is 0 Å². The van der Waals surface area contributed by atoms with Crippen LogP contribution in [0.4, 0.5) is 0 Å². The summed E-state index contributed by atoms with van der Waals surface area (Å²) in [6, 6.07) is 24.1. The van der Waals surface area contributed by atoms with E-state index in [0.717, 1.165) is 21.1 Å². The van der Waals surface area contributed by atoms with E-state index in [1.165, 1.54) is 22.5 Å². The van der Waals surface area contributed by atoms with Gasteiger partial charge in [-0.05, 0) is 47.9 Å². The summed E-state index contributed by atoms with van der Waals surface area (Å²) in [4.78, 5) is 17.6. The van der Waals surface area contributed by atoms with Gasteiger partial charge in [-0.2, -0.15) is 4.99 Å². The highest BCUT2D eigenvalue weighted by atomic mass is 79.9. The zero-order valence-electron chi connectivity index (χ0n) is 14.7. The molecule has 0 aliphatic carbocycles. The van der Waals surface area contributed by atoms with Crippen LogP contribution in [0.2, 0.25) is 0 Å². The Bertz CT molecular complexity index is 1170. The van der Waals surface area contributed by atoms with Crippen molar-refractivity contribution in [3.8, 4) is 0 Å². The molecule has 3 nitrogen and oxygen atoms in total. The van der Waals surface area contributed by atoms with E-state index in [4.69, 9.17) is 0 Å². The van der Waals surface area contributed by atoms with E-state index in [2.05, 4.69) is 33.1 Å². The molecule has 0 aliphatic heterocycles. The number of hydrogen-bond acceptors (Lipinski definition) is 2. The predicted octanol–water partition coefficient (Wildman–Crippen LogP) is 5.33. The van der Waals surface area contributed by atoms with E-state index in [-0.39, 0.29) is 5.91 Å². The summed E-state index contributed by atoms with van der Waals surface area (Å²) >= 11 is 5.00. The summed E-state index contributed by atoms with van der Waals surface area (Å²) in [5.74, 6) is -0.220. The lowest BCUT2D eigenvalue weighted by Crippen LogP contribution is -2.13. The summed E-state index contributed by atoms with van der Waals surface area (Å²) in [6.45, 7) is 0. The molecule has 27 heavy (non-hydrogen) atoms. The number of aromatic nitrogens is 1. The lowest BCUT2D eigenvalue weighted by atomic mass is 10.0. The largest absolute Gasteiger partial charge is 0.319 e. The van der Waals surface area contributed by atoms with Crippen molar-refractivity contribution in [3.05, 3.63) is 98.8 Å². The molecule has 4 aromatic rings. The normalized spacial score (nSPS) is 11.9. The highest BCUT2D eigenvalue weighted by Crippen LogP contribution is 2.21. The molecule has 0 N–H and O–H groups in total. The number of halogens is 1. The minimum Gasteiger partial charge on any atom is -0.319 e.